The maximum absolute atomic E-state index is 11.8. The molecule has 0 unspecified atom stereocenters. The van der Waals surface area contributed by atoms with Crippen molar-refractivity contribution in [3.63, 3.8) is 0 Å². The van der Waals surface area contributed by atoms with E-state index in [4.69, 9.17) is 21.7 Å². The zero-order valence-electron chi connectivity index (χ0n) is 13.4. The topological polar surface area (TPSA) is 47.6 Å². The number of hydrogen-bond acceptors (Lipinski definition) is 5. The molecule has 1 saturated heterocycles. The minimum Gasteiger partial charge on any atom is -0.493 e. The summed E-state index contributed by atoms with van der Waals surface area (Å²) in [6, 6.07) is 17.3. The van der Waals surface area contributed by atoms with E-state index in [2.05, 4.69) is 5.32 Å². The average molecular weight is 371 g/mol. The first-order valence-electron chi connectivity index (χ1n) is 7.87. The Morgan fingerprint density at radius 1 is 1.00 bits per heavy atom. The molecule has 2 aromatic carbocycles. The fourth-order valence-corrected chi connectivity index (χ4v) is 3.28. The number of ether oxygens (including phenoxy) is 2. The van der Waals surface area contributed by atoms with Crippen LogP contribution in [0.1, 0.15) is 12.0 Å². The van der Waals surface area contributed by atoms with Gasteiger partial charge in [-0.2, -0.15) is 0 Å². The molecule has 6 heteroatoms. The van der Waals surface area contributed by atoms with Gasteiger partial charge in [-0.15, -0.1) is 0 Å². The predicted octanol–water partition coefficient (Wildman–Crippen LogP) is 4.02. The molecule has 1 aliphatic heterocycles. The highest BCUT2D eigenvalue weighted by Crippen LogP contribution is 2.29. The van der Waals surface area contributed by atoms with Crippen molar-refractivity contribution in [3.05, 3.63) is 65.1 Å². The van der Waals surface area contributed by atoms with Crippen molar-refractivity contribution < 1.29 is 14.3 Å². The number of thioether (sulfide) groups is 1. The number of carbonyl (C=O) groups is 1. The van der Waals surface area contributed by atoms with E-state index in [0.29, 0.717) is 22.4 Å². The highest BCUT2D eigenvalue weighted by Gasteiger charge is 2.22. The first-order valence-corrected chi connectivity index (χ1v) is 9.09. The monoisotopic (exact) mass is 371 g/mol. The third-order valence-electron chi connectivity index (χ3n) is 3.41. The van der Waals surface area contributed by atoms with E-state index >= 15 is 0 Å². The second kappa shape index (κ2) is 8.69. The van der Waals surface area contributed by atoms with Gasteiger partial charge >= 0.3 is 0 Å². The van der Waals surface area contributed by atoms with Crippen LogP contribution in [0.2, 0.25) is 0 Å². The lowest BCUT2D eigenvalue weighted by atomic mass is 10.2. The van der Waals surface area contributed by atoms with Gasteiger partial charge in [0.1, 0.15) is 15.8 Å². The molecule has 0 aromatic heterocycles. The fourth-order valence-electron chi connectivity index (χ4n) is 2.24. The van der Waals surface area contributed by atoms with Crippen LogP contribution in [0, 0.1) is 0 Å². The van der Waals surface area contributed by atoms with Crippen molar-refractivity contribution in [3.8, 4) is 11.5 Å². The van der Waals surface area contributed by atoms with Crippen molar-refractivity contribution in [2.24, 2.45) is 0 Å². The number of para-hydroxylation sites is 2. The van der Waals surface area contributed by atoms with Crippen LogP contribution in [0.15, 0.2) is 59.5 Å². The molecule has 25 heavy (non-hydrogen) atoms. The number of amides is 1. The molecule has 4 nitrogen and oxygen atoms in total. The van der Waals surface area contributed by atoms with Crippen LogP contribution in [-0.4, -0.2) is 23.4 Å². The molecule has 2 aromatic rings. The largest absolute Gasteiger partial charge is 0.493 e. The minimum absolute atomic E-state index is 0.166. The van der Waals surface area contributed by atoms with Gasteiger partial charge < -0.3 is 14.8 Å². The van der Waals surface area contributed by atoms with Crippen LogP contribution in [0.25, 0.3) is 6.08 Å². The summed E-state index contributed by atoms with van der Waals surface area (Å²) in [5, 5.41) is 2.61. The molecule has 0 saturated carbocycles. The lowest BCUT2D eigenvalue weighted by Gasteiger charge is -2.10. The van der Waals surface area contributed by atoms with Gasteiger partial charge in [-0.25, -0.2) is 0 Å². The molecule has 1 fully saturated rings. The van der Waals surface area contributed by atoms with Crippen LogP contribution in [0.5, 0.6) is 11.5 Å². The van der Waals surface area contributed by atoms with Gasteiger partial charge in [0.25, 0.3) is 5.91 Å². The maximum atomic E-state index is 11.8. The molecule has 0 radical (unpaired) electrons. The van der Waals surface area contributed by atoms with Gasteiger partial charge in [0.2, 0.25) is 0 Å². The van der Waals surface area contributed by atoms with E-state index in [9.17, 15) is 4.79 Å². The first kappa shape index (κ1) is 17.5. The molecule has 1 amide bonds. The van der Waals surface area contributed by atoms with Crippen LogP contribution in [0.4, 0.5) is 0 Å². The van der Waals surface area contributed by atoms with Crippen molar-refractivity contribution in [1.82, 2.24) is 5.32 Å². The summed E-state index contributed by atoms with van der Waals surface area (Å²) in [5.41, 5.74) is 0.855. The summed E-state index contributed by atoms with van der Waals surface area (Å²) in [6.45, 7) is 1.12. The van der Waals surface area contributed by atoms with Gasteiger partial charge in [0.15, 0.2) is 0 Å². The van der Waals surface area contributed by atoms with Crippen molar-refractivity contribution in [2.75, 3.05) is 13.2 Å². The molecule has 1 N–H and O–H groups in total. The number of carbonyl (C=O) groups excluding carboxylic acids is 1. The lowest BCUT2D eigenvalue weighted by molar-refractivity contribution is -0.115. The molecule has 3 rings (SSSR count). The summed E-state index contributed by atoms with van der Waals surface area (Å²) in [7, 11) is 0. The molecule has 0 spiro atoms. The standard InChI is InChI=1S/C19H17NO3S2/c21-18-17(25-19(24)20-18)13-14-7-4-5-10-16(14)23-12-6-11-22-15-8-2-1-3-9-15/h1-5,7-10,13H,6,11-12H2,(H,20,21,24). The second-order valence-corrected chi connectivity index (χ2v) is 6.97. The normalized spacial score (nSPS) is 15.3. The van der Waals surface area contributed by atoms with Crippen LogP contribution in [-0.2, 0) is 4.79 Å². The number of rotatable bonds is 7. The number of benzene rings is 2. The molecule has 1 aliphatic rings. The number of nitrogens with one attached hydrogen (secondary N) is 1. The Hall–Kier alpha value is -2.31. The molecule has 128 valence electrons. The maximum Gasteiger partial charge on any atom is 0.263 e. The van der Waals surface area contributed by atoms with Crippen molar-refractivity contribution in [1.29, 1.82) is 0 Å². The third kappa shape index (κ3) is 5.08. The Morgan fingerprint density at radius 3 is 2.48 bits per heavy atom. The van der Waals surface area contributed by atoms with Crippen LogP contribution >= 0.6 is 24.0 Å². The first-order chi connectivity index (χ1) is 12.2. The second-order valence-electron chi connectivity index (χ2n) is 5.25. The van der Waals surface area contributed by atoms with Gasteiger partial charge in [-0.1, -0.05) is 60.4 Å². The zero-order chi connectivity index (χ0) is 17.5. The van der Waals surface area contributed by atoms with Crippen LogP contribution in [0.3, 0.4) is 0 Å². The molecular formula is C19H17NO3S2. The quantitative estimate of drug-likeness (QED) is 0.452. The summed E-state index contributed by atoms with van der Waals surface area (Å²) >= 11 is 6.27. The Bertz CT molecular complexity index is 790. The summed E-state index contributed by atoms with van der Waals surface area (Å²) in [5.74, 6) is 1.43. The van der Waals surface area contributed by atoms with Gasteiger partial charge in [0.05, 0.1) is 18.1 Å². The third-order valence-corrected chi connectivity index (χ3v) is 4.57. The number of thiocarbonyl (C=S) groups is 1. The Labute approximate surface area is 156 Å². The highest BCUT2D eigenvalue weighted by atomic mass is 32.2. The Morgan fingerprint density at radius 2 is 1.72 bits per heavy atom. The molecular weight excluding hydrogens is 354 g/mol. The van der Waals surface area contributed by atoms with Gasteiger partial charge in [-0.05, 0) is 24.3 Å². The predicted molar refractivity (Wildman–Crippen MR) is 105 cm³/mol. The van der Waals surface area contributed by atoms with E-state index in [0.717, 1.165) is 23.5 Å². The summed E-state index contributed by atoms with van der Waals surface area (Å²) in [4.78, 5) is 12.4. The summed E-state index contributed by atoms with van der Waals surface area (Å²) < 4.78 is 12.0. The Balaban J connectivity index is 1.54. The van der Waals surface area contributed by atoms with Crippen molar-refractivity contribution in [2.45, 2.75) is 6.42 Å². The van der Waals surface area contributed by atoms with E-state index in [1.54, 1.807) is 6.08 Å². The average Bonchev–Trinajstić information content (AvgIpc) is 2.94. The van der Waals surface area contributed by atoms with E-state index in [1.807, 2.05) is 54.6 Å². The van der Waals surface area contributed by atoms with Crippen LogP contribution < -0.4 is 14.8 Å². The minimum atomic E-state index is -0.166. The fraction of sp³-hybridized carbons (Fsp3) is 0.158. The zero-order valence-corrected chi connectivity index (χ0v) is 15.1. The highest BCUT2D eigenvalue weighted by molar-refractivity contribution is 8.26. The summed E-state index contributed by atoms with van der Waals surface area (Å²) in [6.07, 6.45) is 2.56. The smallest absolute Gasteiger partial charge is 0.263 e. The molecule has 0 atom stereocenters. The van der Waals surface area contributed by atoms with E-state index in [1.165, 1.54) is 11.8 Å². The van der Waals surface area contributed by atoms with E-state index in [-0.39, 0.29) is 5.91 Å². The number of hydrogen-bond donors (Lipinski definition) is 1. The van der Waals surface area contributed by atoms with Gasteiger partial charge in [-0.3, -0.25) is 4.79 Å². The SMILES string of the molecule is O=C1NC(=S)SC1=Cc1ccccc1OCCCOc1ccccc1. The van der Waals surface area contributed by atoms with E-state index < -0.39 is 0 Å². The lowest BCUT2D eigenvalue weighted by Crippen LogP contribution is -2.17. The molecule has 0 aliphatic carbocycles. The Kier molecular flexibility index (Phi) is 6.09. The molecule has 1 heterocycles. The molecule has 0 bridgehead atoms. The van der Waals surface area contributed by atoms with Crippen molar-refractivity contribution >= 4 is 40.3 Å². The van der Waals surface area contributed by atoms with Gasteiger partial charge in [0, 0.05) is 12.0 Å².